The maximum atomic E-state index is 12.1. The van der Waals surface area contributed by atoms with Crippen LogP contribution in [0, 0.1) is 0 Å². The van der Waals surface area contributed by atoms with Crippen LogP contribution < -0.4 is 10.6 Å². The zero-order valence-corrected chi connectivity index (χ0v) is 13.8. The Morgan fingerprint density at radius 2 is 1.96 bits per heavy atom. The smallest absolute Gasteiger partial charge is 0.267 e. The zero-order valence-electron chi connectivity index (χ0n) is 13.8. The number of aromatic amines is 1. The molecule has 0 atom stereocenters. The first-order chi connectivity index (χ1) is 11.5. The average molecular weight is 327 g/mol. The predicted octanol–water partition coefficient (Wildman–Crippen LogP) is 2.89. The summed E-state index contributed by atoms with van der Waals surface area (Å²) < 4.78 is 0. The molecule has 2 rings (SSSR count). The van der Waals surface area contributed by atoms with Crippen LogP contribution >= 0.6 is 0 Å². The molecule has 0 unspecified atom stereocenters. The van der Waals surface area contributed by atoms with Gasteiger partial charge >= 0.3 is 0 Å². The summed E-state index contributed by atoms with van der Waals surface area (Å²) in [6.07, 6.45) is 2.79. The Balaban J connectivity index is 1.94. The Morgan fingerprint density at radius 3 is 2.62 bits per heavy atom. The van der Waals surface area contributed by atoms with E-state index in [-0.39, 0.29) is 17.6 Å². The molecule has 1 heterocycles. The zero-order chi connectivity index (χ0) is 17.5. The summed E-state index contributed by atoms with van der Waals surface area (Å²) in [5.41, 5.74) is 2.39. The molecule has 3 N–H and O–H groups in total. The number of hydrogen-bond donors (Lipinski definition) is 3. The van der Waals surface area contributed by atoms with Crippen LogP contribution in [-0.4, -0.2) is 22.6 Å². The first kappa shape index (κ1) is 17.5. The van der Waals surface area contributed by atoms with Crippen molar-refractivity contribution in [2.24, 2.45) is 0 Å². The first-order valence-corrected chi connectivity index (χ1v) is 7.86. The quantitative estimate of drug-likeness (QED) is 0.683. The molecule has 0 saturated carbocycles. The molecular weight excluding hydrogens is 306 g/mol. The van der Waals surface area contributed by atoms with Crippen molar-refractivity contribution in [3.8, 4) is 0 Å². The highest BCUT2D eigenvalue weighted by atomic mass is 16.2. The topological polar surface area (TPSA) is 91.1 Å². The van der Waals surface area contributed by atoms with Crippen LogP contribution in [0.5, 0.6) is 0 Å². The number of anilines is 1. The van der Waals surface area contributed by atoms with Gasteiger partial charge in [0.05, 0.1) is 0 Å². The van der Waals surface area contributed by atoms with Crippen molar-refractivity contribution < 1.29 is 14.4 Å². The highest BCUT2D eigenvalue weighted by Gasteiger charge is 2.10. The fourth-order valence-electron chi connectivity index (χ4n) is 2.22. The molecule has 24 heavy (non-hydrogen) atoms. The number of hydrogen-bond acceptors (Lipinski definition) is 3. The maximum absolute atomic E-state index is 12.1. The standard InChI is InChI=1S/C18H21N3O3/c1-3-5-17(23)21-15-7-4-6-13(8-15)10-20-18(24)16-9-14(11-19-16)12(2)22/h4,6-9,11,19H,3,5,10H2,1-2H3,(H,20,24)(H,21,23). The van der Waals surface area contributed by atoms with Gasteiger partial charge in [-0.2, -0.15) is 0 Å². The van der Waals surface area contributed by atoms with Crippen molar-refractivity contribution in [1.29, 1.82) is 0 Å². The molecule has 1 aromatic carbocycles. The van der Waals surface area contributed by atoms with E-state index < -0.39 is 0 Å². The van der Waals surface area contributed by atoms with Gasteiger partial charge in [-0.1, -0.05) is 19.1 Å². The Hall–Kier alpha value is -2.89. The molecule has 6 heteroatoms. The monoisotopic (exact) mass is 327 g/mol. The number of benzene rings is 1. The molecule has 0 saturated heterocycles. The van der Waals surface area contributed by atoms with Crippen LogP contribution in [0.15, 0.2) is 36.5 Å². The fraction of sp³-hybridized carbons (Fsp3) is 0.278. The van der Waals surface area contributed by atoms with Crippen molar-refractivity contribution in [3.05, 3.63) is 53.3 Å². The van der Waals surface area contributed by atoms with Crippen molar-refractivity contribution in [2.45, 2.75) is 33.2 Å². The second kappa shape index (κ2) is 8.10. The third-order valence-electron chi connectivity index (χ3n) is 3.48. The third-order valence-corrected chi connectivity index (χ3v) is 3.48. The molecule has 2 amide bonds. The molecule has 2 aromatic rings. The third kappa shape index (κ3) is 4.81. The number of amides is 2. The second-order valence-electron chi connectivity index (χ2n) is 5.54. The molecule has 0 aliphatic carbocycles. The van der Waals surface area contributed by atoms with Crippen molar-refractivity contribution in [2.75, 3.05) is 5.32 Å². The number of H-pyrrole nitrogens is 1. The summed E-state index contributed by atoms with van der Waals surface area (Å²) >= 11 is 0. The first-order valence-electron chi connectivity index (χ1n) is 7.86. The molecule has 0 aliphatic rings. The summed E-state index contributed by atoms with van der Waals surface area (Å²) in [5, 5.41) is 5.60. The molecule has 0 bridgehead atoms. The highest BCUT2D eigenvalue weighted by molar-refractivity contribution is 5.99. The van der Waals surface area contributed by atoms with Crippen LogP contribution in [0.2, 0.25) is 0 Å². The lowest BCUT2D eigenvalue weighted by Gasteiger charge is -2.08. The molecule has 0 fully saturated rings. The number of nitrogens with one attached hydrogen (secondary N) is 3. The van der Waals surface area contributed by atoms with Gasteiger partial charge in [0.15, 0.2) is 5.78 Å². The summed E-state index contributed by atoms with van der Waals surface area (Å²) in [6, 6.07) is 8.85. The molecule has 6 nitrogen and oxygen atoms in total. The fourth-order valence-corrected chi connectivity index (χ4v) is 2.22. The summed E-state index contributed by atoms with van der Waals surface area (Å²) in [6.45, 7) is 3.72. The van der Waals surface area contributed by atoms with Gasteiger partial charge in [0, 0.05) is 30.4 Å². The molecule has 0 aliphatic heterocycles. The minimum atomic E-state index is -0.289. The average Bonchev–Trinajstić information content (AvgIpc) is 3.03. The van der Waals surface area contributed by atoms with Gasteiger partial charge in [0.25, 0.3) is 5.91 Å². The number of carbonyl (C=O) groups excluding carboxylic acids is 3. The summed E-state index contributed by atoms with van der Waals surface area (Å²) in [5.74, 6) is -0.412. The van der Waals surface area contributed by atoms with Crippen molar-refractivity contribution in [3.63, 3.8) is 0 Å². The number of ketones is 1. The van der Waals surface area contributed by atoms with Gasteiger partial charge in [-0.15, -0.1) is 0 Å². The largest absolute Gasteiger partial charge is 0.356 e. The Labute approximate surface area is 140 Å². The summed E-state index contributed by atoms with van der Waals surface area (Å²) in [4.78, 5) is 37.7. The number of rotatable bonds is 7. The summed E-state index contributed by atoms with van der Waals surface area (Å²) in [7, 11) is 0. The highest BCUT2D eigenvalue weighted by Crippen LogP contribution is 2.12. The van der Waals surface area contributed by atoms with E-state index in [1.807, 2.05) is 31.2 Å². The lowest BCUT2D eigenvalue weighted by Crippen LogP contribution is -2.23. The lowest BCUT2D eigenvalue weighted by atomic mass is 10.2. The van der Waals surface area contributed by atoms with Crippen molar-refractivity contribution >= 4 is 23.3 Å². The molecule has 0 radical (unpaired) electrons. The van der Waals surface area contributed by atoms with Crippen molar-refractivity contribution in [1.82, 2.24) is 10.3 Å². The number of Topliss-reactive ketones (excluding diaryl/α,β-unsaturated/α-hetero) is 1. The van der Waals surface area contributed by atoms with E-state index >= 15 is 0 Å². The predicted molar refractivity (Wildman–Crippen MR) is 91.9 cm³/mol. The Bertz CT molecular complexity index is 749. The van der Waals surface area contributed by atoms with E-state index in [1.54, 1.807) is 0 Å². The normalized spacial score (nSPS) is 10.2. The van der Waals surface area contributed by atoms with Crippen LogP contribution in [0.4, 0.5) is 5.69 Å². The second-order valence-corrected chi connectivity index (χ2v) is 5.54. The van der Waals surface area contributed by atoms with Gasteiger partial charge in [0.1, 0.15) is 5.69 Å². The van der Waals surface area contributed by atoms with Crippen LogP contribution in [0.3, 0.4) is 0 Å². The van der Waals surface area contributed by atoms with E-state index in [9.17, 15) is 14.4 Å². The van der Waals surface area contributed by atoms with Gasteiger partial charge in [-0.3, -0.25) is 14.4 Å². The van der Waals surface area contributed by atoms with E-state index in [1.165, 1.54) is 19.2 Å². The molecule has 0 spiro atoms. The van der Waals surface area contributed by atoms with Gasteiger partial charge < -0.3 is 15.6 Å². The molecule has 1 aromatic heterocycles. The van der Waals surface area contributed by atoms with Gasteiger partial charge in [-0.25, -0.2) is 0 Å². The van der Waals surface area contributed by atoms with Crippen LogP contribution in [-0.2, 0) is 11.3 Å². The SMILES string of the molecule is CCCC(=O)Nc1cccc(CNC(=O)c2cc(C(C)=O)c[nH]2)c1. The van der Waals surface area contributed by atoms with E-state index in [0.29, 0.717) is 29.9 Å². The van der Waals surface area contributed by atoms with Gasteiger partial charge in [0.2, 0.25) is 5.91 Å². The minimum absolute atomic E-state index is 0.0261. The maximum Gasteiger partial charge on any atom is 0.267 e. The van der Waals surface area contributed by atoms with E-state index in [0.717, 1.165) is 12.0 Å². The van der Waals surface area contributed by atoms with Gasteiger partial charge in [-0.05, 0) is 37.1 Å². The Kier molecular flexibility index (Phi) is 5.89. The minimum Gasteiger partial charge on any atom is -0.356 e. The van der Waals surface area contributed by atoms with E-state index in [4.69, 9.17) is 0 Å². The van der Waals surface area contributed by atoms with E-state index in [2.05, 4.69) is 15.6 Å². The number of carbonyl (C=O) groups is 3. The molecule has 126 valence electrons. The molecular formula is C18H21N3O3. The van der Waals surface area contributed by atoms with Crippen LogP contribution in [0.1, 0.15) is 53.1 Å². The van der Waals surface area contributed by atoms with Crippen LogP contribution in [0.25, 0.3) is 0 Å². The number of aromatic nitrogens is 1. The lowest BCUT2D eigenvalue weighted by molar-refractivity contribution is -0.116. The Morgan fingerprint density at radius 1 is 1.17 bits per heavy atom.